The highest BCUT2D eigenvalue weighted by atomic mass is 32.2. The second kappa shape index (κ2) is 11.6. The monoisotopic (exact) mass is 587 g/mol. The third-order valence-corrected chi connectivity index (χ3v) is 10.7. The number of carbonyl (C=O) groups is 3. The molecule has 220 valence electrons. The van der Waals surface area contributed by atoms with Crippen LogP contribution >= 0.6 is 11.8 Å². The topological polar surface area (TPSA) is 90.4 Å². The molecule has 2 saturated heterocycles. The van der Waals surface area contributed by atoms with Crippen LogP contribution in [0.2, 0.25) is 0 Å². The molecule has 1 spiro atoms. The fourth-order valence-electron chi connectivity index (χ4n) is 7.12. The normalized spacial score (nSPS) is 29.2. The summed E-state index contributed by atoms with van der Waals surface area (Å²) >= 11 is 1.56. The first-order valence-corrected chi connectivity index (χ1v) is 15.5. The van der Waals surface area contributed by atoms with E-state index in [1.54, 1.807) is 28.7 Å². The van der Waals surface area contributed by atoms with Gasteiger partial charge in [0.2, 0.25) is 11.8 Å². The smallest absolute Gasteiger partial charge is 0.251 e. The van der Waals surface area contributed by atoms with Crippen LogP contribution in [0.4, 0.5) is 5.69 Å². The maximum Gasteiger partial charge on any atom is 0.251 e. The van der Waals surface area contributed by atoms with E-state index in [9.17, 15) is 19.5 Å². The predicted molar refractivity (Wildman–Crippen MR) is 163 cm³/mol. The number of benzene rings is 2. The van der Waals surface area contributed by atoms with Crippen LogP contribution in [-0.2, 0) is 20.8 Å². The van der Waals surface area contributed by atoms with Gasteiger partial charge < -0.3 is 24.5 Å². The number of rotatable bonds is 8. The van der Waals surface area contributed by atoms with Crippen molar-refractivity contribution in [1.29, 1.82) is 0 Å². The van der Waals surface area contributed by atoms with Crippen LogP contribution < -0.4 is 9.64 Å². The van der Waals surface area contributed by atoms with Crippen LogP contribution in [0, 0.1) is 11.8 Å². The number of fused-ring (bicyclic) bond motifs is 2. The van der Waals surface area contributed by atoms with E-state index in [1.807, 2.05) is 84.6 Å². The second-order valence-electron chi connectivity index (χ2n) is 11.4. The fourth-order valence-corrected chi connectivity index (χ4v) is 9.12. The summed E-state index contributed by atoms with van der Waals surface area (Å²) in [5.74, 6) is -1.09. The van der Waals surface area contributed by atoms with Crippen molar-refractivity contribution in [2.24, 2.45) is 11.8 Å². The number of aliphatic hydroxyl groups excluding tert-OH is 1. The van der Waals surface area contributed by atoms with Crippen molar-refractivity contribution in [2.45, 2.75) is 41.8 Å². The number of aliphatic hydroxyl groups is 1. The summed E-state index contributed by atoms with van der Waals surface area (Å²) in [4.78, 5) is 48.6. The number of likely N-dealkylation sites (tertiary alicyclic amines) is 1. The Hall–Kier alpha value is -3.56. The van der Waals surface area contributed by atoms with Gasteiger partial charge in [0.05, 0.1) is 36.3 Å². The molecule has 4 aliphatic heterocycles. The molecule has 2 aromatic carbocycles. The van der Waals surface area contributed by atoms with Gasteiger partial charge in [0.1, 0.15) is 11.8 Å². The van der Waals surface area contributed by atoms with Gasteiger partial charge in [0, 0.05) is 30.6 Å². The summed E-state index contributed by atoms with van der Waals surface area (Å²) < 4.78 is 4.38. The molecule has 0 radical (unpaired) electrons. The molecule has 4 aliphatic rings. The lowest BCUT2D eigenvalue weighted by Gasteiger charge is -2.38. The number of ether oxygens (including phenoxy) is 1. The SMILES string of the molecule is CCCN1CC=C[C@@H]2S[C@]34C=CCN(c5ccc(OC)cc5)C(=O)C3N([C@@H](CO)Cc3ccccc3)C(=O)[C@@H]4[C@@H]2C1=O. The van der Waals surface area contributed by atoms with Crippen LogP contribution in [0.3, 0.4) is 0 Å². The molecule has 6 atom stereocenters. The first-order valence-electron chi connectivity index (χ1n) is 14.7. The number of hydrogen-bond acceptors (Lipinski definition) is 6. The lowest BCUT2D eigenvalue weighted by atomic mass is 9.78. The van der Waals surface area contributed by atoms with Crippen molar-refractivity contribution < 1.29 is 24.2 Å². The van der Waals surface area contributed by atoms with Crippen molar-refractivity contribution in [1.82, 2.24) is 9.80 Å². The Bertz CT molecular complexity index is 1400. The Kier molecular flexibility index (Phi) is 7.89. The number of hydrogen-bond donors (Lipinski definition) is 1. The van der Waals surface area contributed by atoms with Crippen LogP contribution in [0.1, 0.15) is 18.9 Å². The average molecular weight is 588 g/mol. The van der Waals surface area contributed by atoms with Gasteiger partial charge >= 0.3 is 0 Å². The largest absolute Gasteiger partial charge is 0.497 e. The number of methoxy groups -OCH3 is 1. The molecule has 9 heteroatoms. The summed E-state index contributed by atoms with van der Waals surface area (Å²) in [5.41, 5.74) is 1.66. The molecule has 0 saturated carbocycles. The van der Waals surface area contributed by atoms with E-state index in [0.717, 1.165) is 12.0 Å². The van der Waals surface area contributed by atoms with Gasteiger partial charge in [0.25, 0.3) is 5.91 Å². The maximum absolute atomic E-state index is 14.7. The minimum Gasteiger partial charge on any atom is -0.497 e. The van der Waals surface area contributed by atoms with Crippen molar-refractivity contribution in [3.05, 3.63) is 84.5 Å². The Labute approximate surface area is 251 Å². The van der Waals surface area contributed by atoms with Gasteiger partial charge in [-0.15, -0.1) is 11.8 Å². The zero-order valence-corrected chi connectivity index (χ0v) is 24.8. The Morgan fingerprint density at radius 2 is 1.76 bits per heavy atom. The van der Waals surface area contributed by atoms with Crippen LogP contribution in [0.5, 0.6) is 5.75 Å². The highest BCUT2D eigenvalue weighted by Crippen LogP contribution is 2.61. The average Bonchev–Trinajstić information content (AvgIpc) is 3.34. The molecular weight excluding hydrogens is 550 g/mol. The van der Waals surface area contributed by atoms with Gasteiger partial charge in [-0.25, -0.2) is 0 Å². The van der Waals surface area contributed by atoms with Crippen LogP contribution in [0.15, 0.2) is 78.9 Å². The Morgan fingerprint density at radius 3 is 2.45 bits per heavy atom. The predicted octanol–water partition coefficient (Wildman–Crippen LogP) is 3.31. The zero-order chi connectivity index (χ0) is 29.4. The molecule has 8 nitrogen and oxygen atoms in total. The minimum atomic E-state index is -0.940. The molecule has 4 heterocycles. The first kappa shape index (κ1) is 28.6. The van der Waals surface area contributed by atoms with E-state index in [1.165, 1.54) is 0 Å². The molecule has 2 aromatic rings. The molecule has 2 fully saturated rings. The van der Waals surface area contributed by atoms with Gasteiger partial charge in [-0.2, -0.15) is 0 Å². The first-order chi connectivity index (χ1) is 20.4. The number of nitrogens with zero attached hydrogens (tertiary/aromatic N) is 3. The van der Waals surface area contributed by atoms with Crippen molar-refractivity contribution in [3.63, 3.8) is 0 Å². The Balaban J connectivity index is 1.46. The standard InChI is InChI=1S/C33H37N3O5S/c1-3-17-34-18-7-11-26-27(30(34)38)28-31(39)36(24(21-37)20-22-9-5-4-6-10-22)29-32(40)35(19-8-16-33(28,29)42-26)23-12-14-25(41-2)15-13-23/h4-16,24,26-29,37H,3,17-21H2,1-2H3/t24-,26+,27-,28+,29?,33+/m1/s1. The second-order valence-corrected chi connectivity index (χ2v) is 12.9. The molecule has 0 aliphatic carbocycles. The quantitative estimate of drug-likeness (QED) is 0.477. The minimum absolute atomic E-state index is 0.0316. The van der Waals surface area contributed by atoms with Gasteiger partial charge in [-0.05, 0) is 42.7 Å². The lowest BCUT2D eigenvalue weighted by Crippen LogP contribution is -2.57. The third-order valence-electron chi connectivity index (χ3n) is 8.98. The highest BCUT2D eigenvalue weighted by Gasteiger charge is 2.71. The number of amides is 3. The lowest BCUT2D eigenvalue weighted by molar-refractivity contribution is -0.144. The molecule has 1 N–H and O–H groups in total. The number of anilines is 1. The summed E-state index contributed by atoms with van der Waals surface area (Å²) in [5, 5.41) is 10.5. The van der Waals surface area contributed by atoms with Crippen LogP contribution in [-0.4, -0.2) is 88.1 Å². The Morgan fingerprint density at radius 1 is 1.00 bits per heavy atom. The molecule has 0 aromatic heterocycles. The molecule has 3 amide bonds. The zero-order valence-electron chi connectivity index (χ0n) is 24.0. The van der Waals surface area contributed by atoms with E-state index in [-0.39, 0.29) is 29.6 Å². The van der Waals surface area contributed by atoms with Crippen molar-refractivity contribution in [3.8, 4) is 5.75 Å². The molecule has 42 heavy (non-hydrogen) atoms. The van der Waals surface area contributed by atoms with E-state index < -0.39 is 28.7 Å². The van der Waals surface area contributed by atoms with Gasteiger partial charge in [0.15, 0.2) is 0 Å². The summed E-state index contributed by atoms with van der Waals surface area (Å²) in [6.07, 6.45) is 9.29. The molecular formula is C33H37N3O5S. The third kappa shape index (κ3) is 4.63. The van der Waals surface area contributed by atoms with Gasteiger partial charge in [-0.1, -0.05) is 61.6 Å². The highest BCUT2D eigenvalue weighted by molar-refractivity contribution is 8.02. The van der Waals surface area contributed by atoms with E-state index in [2.05, 4.69) is 6.08 Å². The van der Waals surface area contributed by atoms with Crippen LogP contribution in [0.25, 0.3) is 0 Å². The van der Waals surface area contributed by atoms with E-state index in [4.69, 9.17) is 4.74 Å². The maximum atomic E-state index is 14.7. The van der Waals surface area contributed by atoms with Crippen molar-refractivity contribution >= 4 is 35.2 Å². The summed E-state index contributed by atoms with van der Waals surface area (Å²) in [7, 11) is 1.60. The number of carbonyl (C=O) groups excluding carboxylic acids is 3. The fraction of sp³-hybridized carbons (Fsp3) is 0.424. The molecule has 0 bridgehead atoms. The van der Waals surface area contributed by atoms with E-state index >= 15 is 0 Å². The van der Waals surface area contributed by atoms with Gasteiger partial charge in [-0.3, -0.25) is 14.4 Å². The molecule has 6 rings (SSSR count). The van der Waals surface area contributed by atoms with Crippen molar-refractivity contribution in [2.75, 3.05) is 38.3 Å². The van der Waals surface area contributed by atoms with E-state index in [0.29, 0.717) is 37.5 Å². The summed E-state index contributed by atoms with van der Waals surface area (Å²) in [6, 6.07) is 15.5. The molecule has 1 unspecified atom stereocenters. The summed E-state index contributed by atoms with van der Waals surface area (Å²) in [6.45, 7) is 3.22. The number of thioether (sulfide) groups is 1.